The highest BCUT2D eigenvalue weighted by molar-refractivity contribution is 7.81. The molecule has 0 aromatic heterocycles. The maximum absolute atomic E-state index is 11.5. The molecule has 3 nitrogen and oxygen atoms in total. The molecule has 1 aliphatic heterocycles. The molecule has 1 heterocycles. The van der Waals surface area contributed by atoms with E-state index < -0.39 is 7.60 Å². The van der Waals surface area contributed by atoms with Crippen molar-refractivity contribution in [3.8, 4) is 0 Å². The highest BCUT2D eigenvalue weighted by Crippen LogP contribution is 2.57. The fraction of sp³-hybridized carbons (Fsp3) is 1.00. The molecule has 5 heteroatoms. The van der Waals surface area contributed by atoms with Crippen molar-refractivity contribution in [3.63, 3.8) is 0 Å². The van der Waals surface area contributed by atoms with Crippen LogP contribution in [0.5, 0.6) is 0 Å². The maximum Gasteiger partial charge on any atom is 0.341 e. The molecule has 0 spiro atoms. The standard InChI is InChI=1S/C6H13O3PS/c1-6(2)3-4-8-10(7,5-6)9-11/h11H,3-5H2,1-2H3. The minimum Gasteiger partial charge on any atom is -0.308 e. The van der Waals surface area contributed by atoms with Gasteiger partial charge in [0.25, 0.3) is 0 Å². The molecule has 1 rings (SSSR count). The summed E-state index contributed by atoms with van der Waals surface area (Å²) in [6.45, 7) is 4.61. The number of thiol groups is 1. The first-order valence-electron chi connectivity index (χ1n) is 3.54. The summed E-state index contributed by atoms with van der Waals surface area (Å²) >= 11 is 3.54. The van der Waals surface area contributed by atoms with Gasteiger partial charge in [0, 0.05) is 0 Å². The van der Waals surface area contributed by atoms with Gasteiger partial charge in [-0.25, -0.2) is 3.97 Å². The predicted octanol–water partition coefficient (Wildman–Crippen LogP) is 2.49. The van der Waals surface area contributed by atoms with E-state index in [1.54, 1.807) is 0 Å². The molecule has 0 saturated carbocycles. The molecule has 1 atom stereocenters. The molecule has 0 N–H and O–H groups in total. The second-order valence-corrected chi connectivity index (χ2v) is 6.05. The molecule has 66 valence electrons. The Kier molecular flexibility index (Phi) is 2.70. The van der Waals surface area contributed by atoms with Crippen molar-refractivity contribution in [2.24, 2.45) is 5.41 Å². The predicted molar refractivity (Wildman–Crippen MR) is 46.9 cm³/mol. The topological polar surface area (TPSA) is 35.5 Å². The first kappa shape index (κ1) is 9.59. The summed E-state index contributed by atoms with van der Waals surface area (Å²) in [7, 11) is -2.85. The Morgan fingerprint density at radius 3 is 2.64 bits per heavy atom. The summed E-state index contributed by atoms with van der Waals surface area (Å²) in [5.74, 6) is 0. The smallest absolute Gasteiger partial charge is 0.308 e. The van der Waals surface area contributed by atoms with Gasteiger partial charge in [-0.3, -0.25) is 4.57 Å². The number of hydrogen-bond donors (Lipinski definition) is 1. The summed E-state index contributed by atoms with van der Waals surface area (Å²) in [6.07, 6.45) is 1.39. The molecule has 1 saturated heterocycles. The lowest BCUT2D eigenvalue weighted by Crippen LogP contribution is -2.25. The third kappa shape index (κ3) is 2.48. The van der Waals surface area contributed by atoms with E-state index in [0.29, 0.717) is 12.8 Å². The molecule has 0 aromatic rings. The van der Waals surface area contributed by atoms with E-state index in [2.05, 4.69) is 30.7 Å². The maximum atomic E-state index is 11.5. The van der Waals surface area contributed by atoms with Gasteiger partial charge in [-0.15, -0.1) is 0 Å². The Morgan fingerprint density at radius 1 is 1.64 bits per heavy atom. The van der Waals surface area contributed by atoms with Crippen LogP contribution in [0.2, 0.25) is 0 Å². The molecule has 1 unspecified atom stereocenters. The molecule has 0 aromatic carbocycles. The highest BCUT2D eigenvalue weighted by Gasteiger charge is 2.37. The quantitative estimate of drug-likeness (QED) is 0.397. The fourth-order valence-corrected chi connectivity index (χ4v) is 3.25. The van der Waals surface area contributed by atoms with Crippen LogP contribution in [0.15, 0.2) is 0 Å². The number of rotatable bonds is 1. The first-order valence-corrected chi connectivity index (χ1v) is 5.64. The van der Waals surface area contributed by atoms with Crippen LogP contribution in [0.25, 0.3) is 0 Å². The van der Waals surface area contributed by atoms with Crippen molar-refractivity contribution in [2.75, 3.05) is 12.8 Å². The van der Waals surface area contributed by atoms with Crippen molar-refractivity contribution < 1.29 is 13.1 Å². The van der Waals surface area contributed by atoms with Crippen molar-refractivity contribution in [2.45, 2.75) is 20.3 Å². The largest absolute Gasteiger partial charge is 0.341 e. The first-order chi connectivity index (χ1) is 4.97. The summed E-state index contributed by atoms with van der Waals surface area (Å²) < 4.78 is 21.0. The number of hydrogen-bond acceptors (Lipinski definition) is 4. The van der Waals surface area contributed by atoms with Crippen LogP contribution in [0, 0.1) is 5.41 Å². The Hall–Kier alpha value is 0.500. The van der Waals surface area contributed by atoms with Crippen LogP contribution in [0.4, 0.5) is 0 Å². The summed E-state index contributed by atoms with van der Waals surface area (Å²) in [5, 5.41) is 0. The van der Waals surface area contributed by atoms with E-state index >= 15 is 0 Å². The van der Waals surface area contributed by atoms with Gasteiger partial charge < -0.3 is 4.52 Å². The lowest BCUT2D eigenvalue weighted by atomic mass is 9.92. The molecule has 1 fully saturated rings. The molecular formula is C6H13O3PS. The van der Waals surface area contributed by atoms with E-state index in [1.807, 2.05) is 0 Å². The summed E-state index contributed by atoms with van der Waals surface area (Å²) in [6, 6.07) is 0. The minimum atomic E-state index is -2.85. The van der Waals surface area contributed by atoms with Gasteiger partial charge in [0.05, 0.1) is 12.8 Å². The van der Waals surface area contributed by atoms with Crippen LogP contribution >= 0.6 is 20.5 Å². The Balaban J connectivity index is 2.67. The lowest BCUT2D eigenvalue weighted by Gasteiger charge is -2.32. The van der Waals surface area contributed by atoms with Crippen molar-refractivity contribution in [3.05, 3.63) is 0 Å². The Morgan fingerprint density at radius 2 is 2.27 bits per heavy atom. The Labute approximate surface area is 72.6 Å². The zero-order valence-corrected chi connectivity index (χ0v) is 8.53. The SMILES string of the molecule is CC1(C)CCOP(=O)(OS)C1. The van der Waals surface area contributed by atoms with Crippen LogP contribution in [0.1, 0.15) is 20.3 Å². The van der Waals surface area contributed by atoms with E-state index in [4.69, 9.17) is 4.52 Å². The highest BCUT2D eigenvalue weighted by atomic mass is 32.1. The van der Waals surface area contributed by atoms with Crippen molar-refractivity contribution in [1.29, 1.82) is 0 Å². The van der Waals surface area contributed by atoms with Gasteiger partial charge in [-0.2, -0.15) is 0 Å². The molecule has 11 heavy (non-hydrogen) atoms. The van der Waals surface area contributed by atoms with Gasteiger partial charge in [0.15, 0.2) is 0 Å². The molecule has 0 amide bonds. The average molecular weight is 196 g/mol. The van der Waals surface area contributed by atoms with Crippen molar-refractivity contribution >= 4 is 20.5 Å². The molecule has 0 bridgehead atoms. The van der Waals surface area contributed by atoms with Gasteiger partial charge in [0.2, 0.25) is 0 Å². The van der Waals surface area contributed by atoms with Crippen LogP contribution in [0.3, 0.4) is 0 Å². The molecular weight excluding hydrogens is 183 g/mol. The van der Waals surface area contributed by atoms with Crippen LogP contribution < -0.4 is 0 Å². The van der Waals surface area contributed by atoms with Gasteiger partial charge >= 0.3 is 7.60 Å². The molecule has 0 radical (unpaired) electrons. The zero-order chi connectivity index (χ0) is 8.54. The second-order valence-electron chi connectivity index (χ2n) is 3.60. The normalized spacial score (nSPS) is 37.0. The minimum absolute atomic E-state index is 0.0521. The van der Waals surface area contributed by atoms with E-state index in [0.717, 1.165) is 6.42 Å². The Bertz CT molecular complexity index is 192. The second kappa shape index (κ2) is 3.09. The van der Waals surface area contributed by atoms with Crippen LogP contribution in [-0.4, -0.2) is 12.8 Å². The summed E-state index contributed by atoms with van der Waals surface area (Å²) in [5.41, 5.74) is 0.0521. The molecule has 1 aliphatic rings. The fourth-order valence-electron chi connectivity index (χ4n) is 1.16. The third-order valence-corrected chi connectivity index (χ3v) is 4.63. The zero-order valence-electron chi connectivity index (χ0n) is 6.74. The average Bonchev–Trinajstić information content (AvgIpc) is 1.85. The summed E-state index contributed by atoms with van der Waals surface area (Å²) in [4.78, 5) is 0. The van der Waals surface area contributed by atoms with E-state index in [1.165, 1.54) is 0 Å². The van der Waals surface area contributed by atoms with Gasteiger partial charge in [-0.05, 0) is 24.7 Å². The lowest BCUT2D eigenvalue weighted by molar-refractivity contribution is 0.181. The third-order valence-electron chi connectivity index (χ3n) is 1.81. The van der Waals surface area contributed by atoms with Gasteiger partial charge in [-0.1, -0.05) is 13.8 Å². The van der Waals surface area contributed by atoms with Crippen LogP contribution in [-0.2, 0) is 13.1 Å². The monoisotopic (exact) mass is 196 g/mol. The van der Waals surface area contributed by atoms with Crippen molar-refractivity contribution in [1.82, 2.24) is 0 Å². The van der Waals surface area contributed by atoms with Gasteiger partial charge in [0.1, 0.15) is 0 Å². The van der Waals surface area contributed by atoms with E-state index in [9.17, 15) is 4.57 Å². The molecule has 0 aliphatic carbocycles. The van der Waals surface area contributed by atoms with E-state index in [-0.39, 0.29) is 5.41 Å².